The highest BCUT2D eigenvalue weighted by Crippen LogP contribution is 2.17. The lowest BCUT2D eigenvalue weighted by atomic mass is 9.95. The first-order valence-corrected chi connectivity index (χ1v) is 8.99. The molecular weight excluding hydrogens is 320 g/mol. The van der Waals surface area contributed by atoms with Gasteiger partial charge in [0.2, 0.25) is 0 Å². The SMILES string of the molecule is CC(C)=CCCC(C)CC=O.CC(CCCC(C)(C)O)CC(=O)O.O. The van der Waals surface area contributed by atoms with E-state index in [0.717, 1.165) is 38.4 Å². The Hall–Kier alpha value is -1.20. The molecule has 4 N–H and O–H groups in total. The van der Waals surface area contributed by atoms with Crippen molar-refractivity contribution in [1.29, 1.82) is 0 Å². The number of carbonyl (C=O) groups is 2. The molecule has 0 aliphatic carbocycles. The summed E-state index contributed by atoms with van der Waals surface area (Å²) in [5, 5.41) is 17.9. The monoisotopic (exact) mass is 360 g/mol. The van der Waals surface area contributed by atoms with Crippen molar-refractivity contribution in [2.24, 2.45) is 11.8 Å². The molecule has 0 saturated carbocycles. The first-order valence-electron chi connectivity index (χ1n) is 8.99. The van der Waals surface area contributed by atoms with E-state index in [1.54, 1.807) is 13.8 Å². The third-order valence-corrected chi connectivity index (χ3v) is 3.72. The molecule has 5 heteroatoms. The van der Waals surface area contributed by atoms with Gasteiger partial charge in [-0.2, -0.15) is 0 Å². The zero-order valence-corrected chi connectivity index (χ0v) is 17.0. The number of rotatable bonds is 11. The van der Waals surface area contributed by atoms with Crippen molar-refractivity contribution in [2.75, 3.05) is 0 Å². The summed E-state index contributed by atoms with van der Waals surface area (Å²) in [4.78, 5) is 20.4. The second-order valence-electron chi connectivity index (χ2n) is 7.77. The minimum absolute atomic E-state index is 0. The molecule has 0 heterocycles. The number of carboxylic acids is 1. The third kappa shape index (κ3) is 27.9. The Morgan fingerprint density at radius 3 is 2.08 bits per heavy atom. The van der Waals surface area contributed by atoms with Gasteiger partial charge in [0.15, 0.2) is 0 Å². The van der Waals surface area contributed by atoms with Crippen molar-refractivity contribution in [3.05, 3.63) is 11.6 Å². The zero-order valence-electron chi connectivity index (χ0n) is 17.0. The smallest absolute Gasteiger partial charge is 0.303 e. The van der Waals surface area contributed by atoms with Crippen LogP contribution in [0.2, 0.25) is 0 Å². The molecule has 0 spiro atoms. The molecule has 0 amide bonds. The second-order valence-corrected chi connectivity index (χ2v) is 7.77. The van der Waals surface area contributed by atoms with Crippen molar-refractivity contribution < 1.29 is 25.3 Å². The van der Waals surface area contributed by atoms with Crippen molar-refractivity contribution >= 4 is 12.3 Å². The molecule has 0 aliphatic heterocycles. The fraction of sp³-hybridized carbons (Fsp3) is 0.800. The normalized spacial score (nSPS) is 12.8. The van der Waals surface area contributed by atoms with E-state index in [1.165, 1.54) is 5.57 Å². The maximum absolute atomic E-state index is 10.3. The Morgan fingerprint density at radius 1 is 1.12 bits per heavy atom. The highest BCUT2D eigenvalue weighted by molar-refractivity contribution is 5.66. The van der Waals surface area contributed by atoms with E-state index in [2.05, 4.69) is 26.8 Å². The minimum atomic E-state index is -0.740. The average Bonchev–Trinajstić information content (AvgIpc) is 2.36. The number of allylic oxidation sites excluding steroid dienone is 2. The molecule has 0 aromatic heterocycles. The number of aldehydes is 1. The van der Waals surface area contributed by atoms with E-state index in [4.69, 9.17) is 5.11 Å². The molecule has 150 valence electrons. The number of aliphatic hydroxyl groups is 1. The van der Waals surface area contributed by atoms with Crippen LogP contribution in [0.1, 0.15) is 86.5 Å². The maximum atomic E-state index is 10.3. The topological polar surface area (TPSA) is 106 Å². The predicted octanol–water partition coefficient (Wildman–Crippen LogP) is 4.17. The predicted molar refractivity (Wildman–Crippen MR) is 104 cm³/mol. The van der Waals surface area contributed by atoms with Crippen LogP contribution in [-0.4, -0.2) is 33.5 Å². The molecule has 0 fully saturated rings. The van der Waals surface area contributed by atoms with Crippen molar-refractivity contribution in [1.82, 2.24) is 0 Å². The number of carbonyl (C=O) groups excluding carboxylic acids is 1. The fourth-order valence-electron chi connectivity index (χ4n) is 2.22. The molecule has 0 aromatic carbocycles. The number of carboxylic acid groups (broad SMARTS) is 1. The van der Waals surface area contributed by atoms with Gasteiger partial charge in [-0.15, -0.1) is 0 Å². The maximum Gasteiger partial charge on any atom is 0.303 e. The molecule has 0 aromatic rings. The van der Waals surface area contributed by atoms with Gasteiger partial charge in [0.25, 0.3) is 0 Å². The van der Waals surface area contributed by atoms with E-state index in [0.29, 0.717) is 12.3 Å². The average molecular weight is 361 g/mol. The van der Waals surface area contributed by atoms with Gasteiger partial charge in [-0.25, -0.2) is 0 Å². The Morgan fingerprint density at radius 2 is 1.68 bits per heavy atom. The van der Waals surface area contributed by atoms with Crippen LogP contribution in [0.3, 0.4) is 0 Å². The molecule has 25 heavy (non-hydrogen) atoms. The summed E-state index contributed by atoms with van der Waals surface area (Å²) in [6.07, 6.45) is 8.89. The van der Waals surface area contributed by atoms with Gasteiger partial charge < -0.3 is 20.5 Å². The molecule has 0 bridgehead atoms. The molecule has 0 aliphatic rings. The Balaban J connectivity index is -0.000000377. The lowest BCUT2D eigenvalue weighted by Gasteiger charge is -2.17. The van der Waals surface area contributed by atoms with E-state index in [1.807, 2.05) is 6.92 Å². The van der Waals surface area contributed by atoms with Gasteiger partial charge in [0.1, 0.15) is 6.29 Å². The number of hydrogen-bond acceptors (Lipinski definition) is 3. The van der Waals surface area contributed by atoms with Gasteiger partial charge >= 0.3 is 5.97 Å². The highest BCUT2D eigenvalue weighted by atomic mass is 16.4. The van der Waals surface area contributed by atoms with Crippen LogP contribution >= 0.6 is 0 Å². The van der Waals surface area contributed by atoms with Crippen LogP contribution < -0.4 is 0 Å². The summed E-state index contributed by atoms with van der Waals surface area (Å²) in [5.41, 5.74) is 0.742. The Kier molecular flexibility index (Phi) is 18.6. The van der Waals surface area contributed by atoms with Crippen LogP contribution in [0.25, 0.3) is 0 Å². The molecule has 0 rings (SSSR count). The van der Waals surface area contributed by atoms with Crippen molar-refractivity contribution in [2.45, 2.75) is 92.1 Å². The van der Waals surface area contributed by atoms with Crippen molar-refractivity contribution in [3.63, 3.8) is 0 Å². The van der Waals surface area contributed by atoms with Gasteiger partial charge in [0, 0.05) is 12.8 Å². The summed E-state index contributed by atoms with van der Waals surface area (Å²) in [6, 6.07) is 0. The van der Waals surface area contributed by atoms with Crippen LogP contribution in [0.5, 0.6) is 0 Å². The lowest BCUT2D eigenvalue weighted by Crippen LogP contribution is -2.18. The van der Waals surface area contributed by atoms with Gasteiger partial charge in [-0.1, -0.05) is 38.3 Å². The van der Waals surface area contributed by atoms with Gasteiger partial charge in [0.05, 0.1) is 5.60 Å². The number of aliphatic carboxylic acids is 1. The minimum Gasteiger partial charge on any atom is -0.481 e. The molecule has 5 nitrogen and oxygen atoms in total. The summed E-state index contributed by atoms with van der Waals surface area (Å²) in [6.45, 7) is 11.8. The van der Waals surface area contributed by atoms with Gasteiger partial charge in [-0.05, 0) is 58.8 Å². The summed E-state index contributed by atoms with van der Waals surface area (Å²) in [5.74, 6) is 0.0127. The standard InChI is InChI=1S/C10H20O3.C10H18O.H2O/c1-8(7-9(11)12)5-4-6-10(2,3)13;1-9(2)5-4-6-10(3)7-8-11;/h8,13H,4-7H2,1-3H3,(H,11,12);5,8,10H,4,6-7H2,1-3H3;1H2. The molecule has 2 atom stereocenters. The van der Waals surface area contributed by atoms with E-state index < -0.39 is 11.6 Å². The summed E-state index contributed by atoms with van der Waals surface area (Å²) >= 11 is 0. The van der Waals surface area contributed by atoms with E-state index in [-0.39, 0.29) is 17.8 Å². The first kappa shape index (κ1) is 28.6. The van der Waals surface area contributed by atoms with Crippen LogP contribution in [-0.2, 0) is 9.59 Å². The summed E-state index contributed by atoms with van der Waals surface area (Å²) in [7, 11) is 0. The molecule has 2 unspecified atom stereocenters. The summed E-state index contributed by atoms with van der Waals surface area (Å²) < 4.78 is 0. The molecular formula is C20H40O5. The molecule has 0 saturated heterocycles. The third-order valence-electron chi connectivity index (χ3n) is 3.72. The van der Waals surface area contributed by atoms with Crippen LogP contribution in [0, 0.1) is 11.8 Å². The quantitative estimate of drug-likeness (QED) is 0.426. The first-order chi connectivity index (χ1) is 11.0. The Bertz CT molecular complexity index is 365. The Labute approximate surface area is 153 Å². The zero-order chi connectivity index (χ0) is 19.2. The van der Waals surface area contributed by atoms with Gasteiger partial charge in [-0.3, -0.25) is 4.79 Å². The van der Waals surface area contributed by atoms with E-state index in [9.17, 15) is 14.7 Å². The largest absolute Gasteiger partial charge is 0.481 e. The van der Waals surface area contributed by atoms with Crippen LogP contribution in [0.4, 0.5) is 0 Å². The van der Waals surface area contributed by atoms with Crippen molar-refractivity contribution in [3.8, 4) is 0 Å². The number of hydrogen-bond donors (Lipinski definition) is 2. The molecule has 0 radical (unpaired) electrons. The fourth-order valence-corrected chi connectivity index (χ4v) is 2.22. The van der Waals surface area contributed by atoms with Crippen LogP contribution in [0.15, 0.2) is 11.6 Å². The van der Waals surface area contributed by atoms with E-state index >= 15 is 0 Å². The lowest BCUT2D eigenvalue weighted by molar-refractivity contribution is -0.138. The second kappa shape index (κ2) is 16.3. The highest BCUT2D eigenvalue weighted by Gasteiger charge is 2.13.